The van der Waals surface area contributed by atoms with Gasteiger partial charge in [-0.1, -0.05) is 24.8 Å². The molecule has 0 amide bonds. The van der Waals surface area contributed by atoms with Crippen molar-refractivity contribution < 1.29 is 8.78 Å². The largest absolute Gasteiger partial charge is 0.327 e. The molecule has 0 aliphatic heterocycles. The molecule has 112 valence electrons. The molecule has 1 atom stereocenters. The monoisotopic (exact) mass is 308 g/mol. The van der Waals surface area contributed by atoms with Crippen molar-refractivity contribution in [1.82, 2.24) is 4.98 Å². The van der Waals surface area contributed by atoms with Crippen molar-refractivity contribution in [2.75, 3.05) is 0 Å². The van der Waals surface area contributed by atoms with E-state index < -0.39 is 11.6 Å². The summed E-state index contributed by atoms with van der Waals surface area (Å²) in [5.74, 6) is -1.15. The van der Waals surface area contributed by atoms with Crippen LogP contribution in [-0.4, -0.2) is 11.0 Å². The molecule has 2 N–H and O–H groups in total. The first-order valence-electron chi connectivity index (χ1n) is 6.83. The quantitative estimate of drug-likeness (QED) is 0.904. The Morgan fingerprint density at radius 3 is 2.67 bits per heavy atom. The number of pyridine rings is 1. The Labute approximate surface area is 127 Å². The Morgan fingerprint density at radius 2 is 2.05 bits per heavy atom. The summed E-state index contributed by atoms with van der Waals surface area (Å²) in [6, 6.07) is 5.70. The predicted octanol–water partition coefficient (Wildman–Crippen LogP) is 4.10. The maximum atomic E-state index is 13.7. The maximum Gasteiger partial charge on any atom is 0.140 e. The second-order valence-electron chi connectivity index (χ2n) is 5.01. The fraction of sp³-hybridized carbons (Fsp3) is 0.312. The Hall–Kier alpha value is -1.46. The highest BCUT2D eigenvalue weighted by atomic mass is 32.2. The Bertz CT molecular complexity index is 632. The third kappa shape index (κ3) is 4.25. The normalized spacial score (nSPS) is 12.4. The van der Waals surface area contributed by atoms with Crippen LogP contribution < -0.4 is 5.73 Å². The first-order valence-corrected chi connectivity index (χ1v) is 7.65. The molecular formula is C16H18F2N2S. The van der Waals surface area contributed by atoms with E-state index in [0.29, 0.717) is 9.92 Å². The van der Waals surface area contributed by atoms with Crippen LogP contribution in [0.3, 0.4) is 0 Å². The first-order chi connectivity index (χ1) is 9.99. The van der Waals surface area contributed by atoms with E-state index in [1.165, 1.54) is 23.9 Å². The van der Waals surface area contributed by atoms with E-state index in [0.717, 1.165) is 30.0 Å². The van der Waals surface area contributed by atoms with E-state index in [2.05, 4.69) is 4.98 Å². The zero-order valence-corrected chi connectivity index (χ0v) is 12.9. The fourth-order valence-corrected chi connectivity index (χ4v) is 2.77. The number of hydrogen-bond donors (Lipinski definition) is 1. The summed E-state index contributed by atoms with van der Waals surface area (Å²) in [5, 5.41) is 0.717. The molecule has 2 rings (SSSR count). The van der Waals surface area contributed by atoms with Gasteiger partial charge in [0.25, 0.3) is 0 Å². The molecule has 2 nitrogen and oxygen atoms in total. The molecule has 21 heavy (non-hydrogen) atoms. The van der Waals surface area contributed by atoms with Crippen molar-refractivity contribution in [2.24, 2.45) is 5.73 Å². The minimum Gasteiger partial charge on any atom is -0.327 e. The summed E-state index contributed by atoms with van der Waals surface area (Å²) in [4.78, 5) is 4.74. The van der Waals surface area contributed by atoms with Gasteiger partial charge in [-0.15, -0.1) is 0 Å². The standard InChI is InChI=1S/C16H18F2N2S/c1-3-13(19)7-11-6-10(2)16(20-9-11)21-15-5-4-12(17)8-14(15)18/h4-6,8-9,13H,3,7,19H2,1-2H3. The van der Waals surface area contributed by atoms with Crippen LogP contribution >= 0.6 is 11.8 Å². The van der Waals surface area contributed by atoms with Crippen LogP contribution in [0.1, 0.15) is 24.5 Å². The van der Waals surface area contributed by atoms with Crippen molar-refractivity contribution >= 4 is 11.8 Å². The molecule has 0 aliphatic rings. The zero-order chi connectivity index (χ0) is 15.4. The second kappa shape index (κ2) is 7.00. The molecule has 0 fully saturated rings. The van der Waals surface area contributed by atoms with Crippen LogP contribution in [0.15, 0.2) is 40.4 Å². The number of aryl methyl sites for hydroxylation is 1. The van der Waals surface area contributed by atoms with E-state index in [4.69, 9.17) is 5.73 Å². The highest BCUT2D eigenvalue weighted by molar-refractivity contribution is 7.99. The molecule has 0 spiro atoms. The van der Waals surface area contributed by atoms with Crippen LogP contribution in [0.5, 0.6) is 0 Å². The molecule has 0 radical (unpaired) electrons. The van der Waals surface area contributed by atoms with Crippen LogP contribution in [-0.2, 0) is 6.42 Å². The van der Waals surface area contributed by atoms with Crippen LogP contribution in [0, 0.1) is 18.6 Å². The molecule has 0 bridgehead atoms. The average molecular weight is 308 g/mol. The molecule has 1 aromatic carbocycles. The lowest BCUT2D eigenvalue weighted by Gasteiger charge is -2.11. The SMILES string of the molecule is CCC(N)Cc1cnc(Sc2ccc(F)cc2F)c(C)c1. The first kappa shape index (κ1) is 15.9. The number of aromatic nitrogens is 1. The van der Waals surface area contributed by atoms with Crippen LogP contribution in [0.2, 0.25) is 0 Å². The fourth-order valence-electron chi connectivity index (χ4n) is 1.95. The number of hydrogen-bond acceptors (Lipinski definition) is 3. The van der Waals surface area contributed by atoms with Gasteiger partial charge < -0.3 is 5.73 Å². The lowest BCUT2D eigenvalue weighted by atomic mass is 10.1. The molecule has 0 saturated carbocycles. The second-order valence-corrected chi connectivity index (χ2v) is 6.05. The molecule has 5 heteroatoms. The molecular weight excluding hydrogens is 290 g/mol. The highest BCUT2D eigenvalue weighted by Gasteiger charge is 2.10. The Kier molecular flexibility index (Phi) is 5.31. The van der Waals surface area contributed by atoms with E-state index >= 15 is 0 Å². The number of nitrogens with two attached hydrogens (primary N) is 1. The van der Waals surface area contributed by atoms with Gasteiger partial charge in [-0.2, -0.15) is 0 Å². The lowest BCUT2D eigenvalue weighted by Crippen LogP contribution is -2.21. The number of rotatable bonds is 5. The minimum absolute atomic E-state index is 0.124. The van der Waals surface area contributed by atoms with E-state index in [1.807, 2.05) is 19.9 Å². The Balaban J connectivity index is 2.17. The summed E-state index contributed by atoms with van der Waals surface area (Å²) in [6.45, 7) is 3.98. The van der Waals surface area contributed by atoms with Crippen molar-refractivity contribution in [2.45, 2.75) is 42.7 Å². The van der Waals surface area contributed by atoms with Gasteiger partial charge in [-0.05, 0) is 43.0 Å². The van der Waals surface area contributed by atoms with Gasteiger partial charge in [0, 0.05) is 23.2 Å². The van der Waals surface area contributed by atoms with Crippen LogP contribution in [0.25, 0.3) is 0 Å². The summed E-state index contributed by atoms with van der Waals surface area (Å²) in [6.07, 6.45) is 3.46. The maximum absolute atomic E-state index is 13.7. The average Bonchev–Trinajstić information content (AvgIpc) is 2.44. The predicted molar refractivity (Wildman–Crippen MR) is 81.4 cm³/mol. The van der Waals surface area contributed by atoms with Crippen molar-refractivity contribution in [3.63, 3.8) is 0 Å². The topological polar surface area (TPSA) is 38.9 Å². The van der Waals surface area contributed by atoms with E-state index in [1.54, 1.807) is 6.20 Å². The molecule has 1 aromatic heterocycles. The van der Waals surface area contributed by atoms with Gasteiger partial charge in [0.1, 0.15) is 16.7 Å². The van der Waals surface area contributed by atoms with Gasteiger partial charge in [0.15, 0.2) is 0 Å². The molecule has 0 aliphatic carbocycles. The van der Waals surface area contributed by atoms with Crippen molar-refractivity contribution in [3.05, 3.63) is 53.2 Å². The van der Waals surface area contributed by atoms with E-state index in [9.17, 15) is 8.78 Å². The zero-order valence-electron chi connectivity index (χ0n) is 12.1. The third-order valence-electron chi connectivity index (χ3n) is 3.21. The van der Waals surface area contributed by atoms with Gasteiger partial charge in [0.2, 0.25) is 0 Å². The number of halogens is 2. The Morgan fingerprint density at radius 1 is 1.29 bits per heavy atom. The van der Waals surface area contributed by atoms with Gasteiger partial charge in [-0.3, -0.25) is 0 Å². The molecule has 0 saturated heterocycles. The molecule has 2 aromatic rings. The summed E-state index contributed by atoms with van der Waals surface area (Å²) >= 11 is 1.20. The van der Waals surface area contributed by atoms with Gasteiger partial charge >= 0.3 is 0 Å². The van der Waals surface area contributed by atoms with Crippen molar-refractivity contribution in [1.29, 1.82) is 0 Å². The summed E-state index contributed by atoms with van der Waals surface area (Å²) in [5.41, 5.74) is 7.97. The van der Waals surface area contributed by atoms with Gasteiger partial charge in [-0.25, -0.2) is 13.8 Å². The molecule has 1 heterocycles. The van der Waals surface area contributed by atoms with E-state index in [-0.39, 0.29) is 6.04 Å². The van der Waals surface area contributed by atoms with Crippen molar-refractivity contribution in [3.8, 4) is 0 Å². The highest BCUT2D eigenvalue weighted by Crippen LogP contribution is 2.31. The van der Waals surface area contributed by atoms with Gasteiger partial charge in [0.05, 0.1) is 0 Å². The van der Waals surface area contributed by atoms with Crippen LogP contribution in [0.4, 0.5) is 8.78 Å². The smallest absolute Gasteiger partial charge is 0.140 e. The summed E-state index contributed by atoms with van der Waals surface area (Å²) < 4.78 is 26.6. The minimum atomic E-state index is -0.578. The molecule has 1 unspecified atom stereocenters. The number of nitrogens with zero attached hydrogens (tertiary/aromatic N) is 1. The lowest BCUT2D eigenvalue weighted by molar-refractivity contribution is 0.565. The number of benzene rings is 1. The summed E-state index contributed by atoms with van der Waals surface area (Å²) in [7, 11) is 0. The third-order valence-corrected chi connectivity index (χ3v) is 4.38.